The lowest BCUT2D eigenvalue weighted by molar-refractivity contribution is 0.000638. The van der Waals surface area contributed by atoms with Gasteiger partial charge in [0.25, 0.3) is 0 Å². The van der Waals surface area contributed by atoms with Crippen molar-refractivity contribution in [2.75, 3.05) is 30.8 Å². The molecule has 5 heteroatoms. The summed E-state index contributed by atoms with van der Waals surface area (Å²) >= 11 is 0. The van der Waals surface area contributed by atoms with Gasteiger partial charge in [0, 0.05) is 32.2 Å². The van der Waals surface area contributed by atoms with Crippen LogP contribution in [0, 0.1) is 0 Å². The average molecular weight is 266 g/mol. The van der Waals surface area contributed by atoms with Gasteiger partial charge in [-0.15, -0.1) is 0 Å². The normalized spacial score (nSPS) is 11.7. The van der Waals surface area contributed by atoms with Gasteiger partial charge in [-0.25, -0.2) is 9.97 Å². The first-order chi connectivity index (χ1) is 8.88. The number of nitrogens with zero attached hydrogens (tertiary/aromatic N) is 2. The molecule has 1 heterocycles. The molecular formula is C14H26N4O. The van der Waals surface area contributed by atoms with Gasteiger partial charge in [-0.05, 0) is 20.8 Å². The molecule has 1 rings (SSSR count). The van der Waals surface area contributed by atoms with E-state index in [1.54, 1.807) is 0 Å². The van der Waals surface area contributed by atoms with E-state index in [0.29, 0.717) is 19.1 Å². The molecule has 5 nitrogen and oxygen atoms in total. The summed E-state index contributed by atoms with van der Waals surface area (Å²) in [6.45, 7) is 11.7. The summed E-state index contributed by atoms with van der Waals surface area (Å²) in [7, 11) is 1.86. The zero-order valence-electron chi connectivity index (χ0n) is 12.9. The Balaban J connectivity index is 2.80. The number of hydrogen-bond acceptors (Lipinski definition) is 5. The summed E-state index contributed by atoms with van der Waals surface area (Å²) in [6.07, 6.45) is 0. The molecule has 0 atom stereocenters. The Morgan fingerprint density at radius 3 is 2.42 bits per heavy atom. The first kappa shape index (κ1) is 15.7. The summed E-state index contributed by atoms with van der Waals surface area (Å²) in [6, 6.07) is 1.91. The van der Waals surface area contributed by atoms with E-state index in [-0.39, 0.29) is 5.60 Å². The van der Waals surface area contributed by atoms with E-state index in [4.69, 9.17) is 4.74 Å². The lowest BCUT2D eigenvalue weighted by Crippen LogP contribution is -2.33. The molecular weight excluding hydrogens is 240 g/mol. The third-order valence-electron chi connectivity index (χ3n) is 2.75. The van der Waals surface area contributed by atoms with Crippen LogP contribution < -0.4 is 10.6 Å². The molecule has 0 saturated heterocycles. The van der Waals surface area contributed by atoms with Crippen molar-refractivity contribution in [2.45, 2.75) is 46.1 Å². The number of rotatable bonds is 7. The van der Waals surface area contributed by atoms with Crippen LogP contribution >= 0.6 is 0 Å². The minimum atomic E-state index is -0.211. The fourth-order valence-electron chi connectivity index (χ4n) is 1.69. The SMILES string of the molecule is CCOC(C)(C)CNc1cc(NC)nc(C(C)C)n1. The zero-order chi connectivity index (χ0) is 14.5. The predicted octanol–water partition coefficient (Wildman–Crippen LogP) is 2.87. The highest BCUT2D eigenvalue weighted by Crippen LogP contribution is 2.18. The zero-order valence-corrected chi connectivity index (χ0v) is 12.9. The molecule has 0 saturated carbocycles. The monoisotopic (exact) mass is 266 g/mol. The standard InChI is InChI=1S/C14H26N4O/c1-7-19-14(4,5)9-16-12-8-11(15-6)17-13(18-12)10(2)3/h8,10H,7,9H2,1-6H3,(H2,15,16,17,18). The number of hydrogen-bond donors (Lipinski definition) is 2. The van der Waals surface area contributed by atoms with Crippen molar-refractivity contribution in [3.63, 3.8) is 0 Å². The van der Waals surface area contributed by atoms with Crippen LogP contribution in [0.1, 0.15) is 46.4 Å². The maximum absolute atomic E-state index is 5.66. The number of anilines is 2. The molecule has 0 aliphatic carbocycles. The maximum atomic E-state index is 5.66. The smallest absolute Gasteiger partial charge is 0.135 e. The van der Waals surface area contributed by atoms with Crippen LogP contribution in [0.15, 0.2) is 6.07 Å². The van der Waals surface area contributed by atoms with Crippen molar-refractivity contribution in [2.24, 2.45) is 0 Å². The second kappa shape index (κ2) is 6.70. The molecule has 0 amide bonds. The molecule has 108 valence electrons. The third kappa shape index (κ3) is 5.03. The summed E-state index contributed by atoms with van der Waals surface area (Å²) < 4.78 is 5.66. The van der Waals surface area contributed by atoms with Crippen molar-refractivity contribution in [3.05, 3.63) is 11.9 Å². The maximum Gasteiger partial charge on any atom is 0.135 e. The molecule has 19 heavy (non-hydrogen) atoms. The molecule has 0 bridgehead atoms. The van der Waals surface area contributed by atoms with Gasteiger partial charge in [0.2, 0.25) is 0 Å². The average Bonchev–Trinajstić information content (AvgIpc) is 2.36. The predicted molar refractivity (Wildman–Crippen MR) is 79.9 cm³/mol. The molecule has 1 aromatic heterocycles. The van der Waals surface area contributed by atoms with Crippen LogP contribution in [0.5, 0.6) is 0 Å². The van der Waals surface area contributed by atoms with Crippen molar-refractivity contribution < 1.29 is 4.74 Å². The Morgan fingerprint density at radius 1 is 1.26 bits per heavy atom. The lowest BCUT2D eigenvalue weighted by atomic mass is 10.1. The molecule has 0 radical (unpaired) electrons. The van der Waals surface area contributed by atoms with Gasteiger partial charge < -0.3 is 15.4 Å². The molecule has 0 aliphatic rings. The van der Waals surface area contributed by atoms with E-state index in [1.165, 1.54) is 0 Å². The van der Waals surface area contributed by atoms with Crippen molar-refractivity contribution in [1.29, 1.82) is 0 Å². The van der Waals surface area contributed by atoms with Gasteiger partial charge in [0.05, 0.1) is 5.60 Å². The third-order valence-corrected chi connectivity index (χ3v) is 2.75. The van der Waals surface area contributed by atoms with E-state index in [9.17, 15) is 0 Å². The van der Waals surface area contributed by atoms with Gasteiger partial charge >= 0.3 is 0 Å². The summed E-state index contributed by atoms with van der Waals surface area (Å²) in [4.78, 5) is 8.96. The van der Waals surface area contributed by atoms with Crippen molar-refractivity contribution in [1.82, 2.24) is 9.97 Å². The highest BCUT2D eigenvalue weighted by Gasteiger charge is 2.18. The molecule has 0 fully saturated rings. The van der Waals surface area contributed by atoms with Crippen LogP contribution in [-0.4, -0.2) is 35.8 Å². The number of aromatic nitrogens is 2. The van der Waals surface area contributed by atoms with Crippen LogP contribution in [0.2, 0.25) is 0 Å². The number of ether oxygens (including phenoxy) is 1. The molecule has 2 N–H and O–H groups in total. The van der Waals surface area contributed by atoms with Gasteiger partial charge in [0.1, 0.15) is 17.5 Å². The first-order valence-electron chi connectivity index (χ1n) is 6.82. The first-order valence-corrected chi connectivity index (χ1v) is 6.82. The minimum Gasteiger partial charge on any atom is -0.374 e. The Labute approximate surface area is 116 Å². The number of nitrogens with one attached hydrogen (secondary N) is 2. The fourth-order valence-corrected chi connectivity index (χ4v) is 1.69. The Kier molecular flexibility index (Phi) is 5.54. The molecule has 1 aromatic rings. The summed E-state index contributed by atoms with van der Waals surface area (Å²) in [5.74, 6) is 2.79. The second-order valence-electron chi connectivity index (χ2n) is 5.45. The van der Waals surface area contributed by atoms with E-state index in [0.717, 1.165) is 17.5 Å². The van der Waals surface area contributed by atoms with E-state index < -0.39 is 0 Å². The van der Waals surface area contributed by atoms with E-state index in [2.05, 4.69) is 48.3 Å². The highest BCUT2D eigenvalue weighted by atomic mass is 16.5. The topological polar surface area (TPSA) is 59.1 Å². The van der Waals surface area contributed by atoms with Crippen LogP contribution in [0.4, 0.5) is 11.6 Å². The second-order valence-corrected chi connectivity index (χ2v) is 5.45. The van der Waals surface area contributed by atoms with E-state index in [1.807, 2.05) is 20.0 Å². The summed E-state index contributed by atoms with van der Waals surface area (Å²) in [5, 5.41) is 6.39. The van der Waals surface area contributed by atoms with Gasteiger partial charge in [-0.1, -0.05) is 13.8 Å². The van der Waals surface area contributed by atoms with Crippen LogP contribution in [-0.2, 0) is 4.74 Å². The highest BCUT2D eigenvalue weighted by molar-refractivity contribution is 5.47. The Morgan fingerprint density at radius 2 is 1.89 bits per heavy atom. The van der Waals surface area contributed by atoms with Crippen molar-refractivity contribution >= 4 is 11.6 Å². The van der Waals surface area contributed by atoms with E-state index >= 15 is 0 Å². The van der Waals surface area contributed by atoms with Gasteiger partial charge in [-0.2, -0.15) is 0 Å². The summed E-state index contributed by atoms with van der Waals surface area (Å²) in [5.41, 5.74) is -0.211. The molecule has 0 spiro atoms. The van der Waals surface area contributed by atoms with Crippen LogP contribution in [0.25, 0.3) is 0 Å². The lowest BCUT2D eigenvalue weighted by Gasteiger charge is -2.25. The van der Waals surface area contributed by atoms with Crippen LogP contribution in [0.3, 0.4) is 0 Å². The molecule has 0 unspecified atom stereocenters. The minimum absolute atomic E-state index is 0.211. The Hall–Kier alpha value is -1.36. The van der Waals surface area contributed by atoms with Gasteiger partial charge in [0.15, 0.2) is 0 Å². The van der Waals surface area contributed by atoms with Crippen molar-refractivity contribution in [3.8, 4) is 0 Å². The quantitative estimate of drug-likeness (QED) is 0.794. The molecule has 0 aromatic carbocycles. The van der Waals surface area contributed by atoms with Gasteiger partial charge in [-0.3, -0.25) is 0 Å². The fraction of sp³-hybridized carbons (Fsp3) is 0.714. The largest absolute Gasteiger partial charge is 0.374 e. The Bertz CT molecular complexity index is 404. The molecule has 0 aliphatic heterocycles.